The van der Waals surface area contributed by atoms with E-state index in [1.165, 1.54) is 0 Å². The Hall–Kier alpha value is 0.314. The molecule has 0 aliphatic heterocycles. The fourth-order valence-corrected chi connectivity index (χ4v) is 1.47. The minimum atomic E-state index is -0.660. The summed E-state index contributed by atoms with van der Waals surface area (Å²) < 4.78 is 10.3. The second-order valence-corrected chi connectivity index (χ2v) is 4.45. The van der Waals surface area contributed by atoms with Gasteiger partial charge in [-0.05, 0) is 0 Å². The summed E-state index contributed by atoms with van der Waals surface area (Å²) in [5.74, 6) is 0. The molecule has 56 valence electrons. The highest BCUT2D eigenvalue weighted by atomic mass is 28.3. The van der Waals surface area contributed by atoms with E-state index in [0.717, 1.165) is 23.6 Å². The van der Waals surface area contributed by atoms with Crippen LogP contribution in [0.25, 0.3) is 0 Å². The molecule has 0 amide bonds. The summed E-state index contributed by atoms with van der Waals surface area (Å²) in [6, 6.07) is 0. The molecular weight excluding hydrogens is 150 g/mol. The molecule has 0 aromatic heterocycles. The lowest BCUT2D eigenvalue weighted by molar-refractivity contribution is -0.0572. The maximum atomic E-state index is 5.27. The monoisotopic (exact) mass is 165 g/mol. The zero-order valence-electron chi connectivity index (χ0n) is 6.39. The van der Waals surface area contributed by atoms with E-state index >= 15 is 0 Å². The van der Waals surface area contributed by atoms with Gasteiger partial charge in [-0.25, -0.2) is 0 Å². The van der Waals surface area contributed by atoms with Gasteiger partial charge in [-0.15, -0.1) is 0 Å². The first-order valence-corrected chi connectivity index (χ1v) is 5.19. The van der Waals surface area contributed by atoms with Gasteiger partial charge >= 0.3 is 10.0 Å². The number of hydrogen-bond acceptors (Lipinski definition) is 3. The zero-order chi connectivity index (χ0) is 7.11. The minimum absolute atomic E-state index is 0.660. The van der Waals surface area contributed by atoms with Crippen molar-refractivity contribution in [1.82, 2.24) is 5.06 Å². The number of nitrogens with zero attached hydrogens (tertiary/aromatic N) is 1. The lowest BCUT2D eigenvalue weighted by Crippen LogP contribution is -2.25. The molecule has 0 radical (unpaired) electrons. The van der Waals surface area contributed by atoms with E-state index in [1.807, 2.05) is 5.06 Å². The Bertz CT molecular complexity index is 60.5. The number of hydrogen-bond donors (Lipinski definition) is 0. The summed E-state index contributed by atoms with van der Waals surface area (Å²) in [5, 5.41) is 1.92. The van der Waals surface area contributed by atoms with Crippen molar-refractivity contribution in [3.8, 4) is 0 Å². The van der Waals surface area contributed by atoms with Gasteiger partial charge in [0.2, 0.25) is 0 Å². The first-order chi connectivity index (χ1) is 4.35. The van der Waals surface area contributed by atoms with E-state index < -0.39 is 10.0 Å². The van der Waals surface area contributed by atoms with E-state index in [4.69, 9.17) is 8.64 Å². The molecule has 0 aliphatic carbocycles. The van der Waals surface area contributed by atoms with Crippen LogP contribution in [0.3, 0.4) is 0 Å². The standard InChI is InChI=1S/C4H15NO2Si2/c1-3-5(4-2)6-9-7-8/h3-4,9H2,1-2,8H3. The van der Waals surface area contributed by atoms with Gasteiger partial charge in [0.15, 0.2) is 0 Å². The van der Waals surface area contributed by atoms with E-state index in [9.17, 15) is 0 Å². The molecule has 5 heteroatoms. The van der Waals surface area contributed by atoms with E-state index in [-0.39, 0.29) is 0 Å². The van der Waals surface area contributed by atoms with E-state index in [1.54, 1.807) is 0 Å². The fraction of sp³-hybridized carbons (Fsp3) is 1.00. The fourth-order valence-electron chi connectivity index (χ4n) is 0.533. The molecule has 0 aliphatic rings. The maximum absolute atomic E-state index is 5.27. The highest BCUT2D eigenvalue weighted by Gasteiger charge is 1.95. The van der Waals surface area contributed by atoms with E-state index in [0.29, 0.717) is 0 Å². The summed E-state index contributed by atoms with van der Waals surface area (Å²) in [6.07, 6.45) is 0. The summed E-state index contributed by atoms with van der Waals surface area (Å²) in [6.45, 7) is 6.05. The van der Waals surface area contributed by atoms with Crippen LogP contribution in [0, 0.1) is 0 Å². The third-order valence-corrected chi connectivity index (χ3v) is 2.47. The molecule has 0 N–H and O–H groups in total. The Balaban J connectivity index is 3.09. The molecule has 0 fully saturated rings. The van der Waals surface area contributed by atoms with Crippen molar-refractivity contribution in [2.45, 2.75) is 13.8 Å². The summed E-state index contributed by atoms with van der Waals surface area (Å²) in [7, 11) is 0.150. The normalized spacial score (nSPS) is 12.3. The molecule has 0 aromatic carbocycles. The lowest BCUT2D eigenvalue weighted by atomic mass is 10.6. The van der Waals surface area contributed by atoms with Gasteiger partial charge in [-0.1, -0.05) is 13.8 Å². The van der Waals surface area contributed by atoms with Crippen molar-refractivity contribution < 1.29 is 8.64 Å². The lowest BCUT2D eigenvalue weighted by Gasteiger charge is -2.16. The molecule has 0 spiro atoms. The predicted octanol–water partition coefficient (Wildman–Crippen LogP) is -1.44. The summed E-state index contributed by atoms with van der Waals surface area (Å²) >= 11 is 0. The van der Waals surface area contributed by atoms with Crippen LogP contribution in [0.15, 0.2) is 0 Å². The van der Waals surface area contributed by atoms with Crippen LogP contribution in [-0.4, -0.2) is 38.6 Å². The SMILES string of the molecule is CCN(CC)O[SiH2]O[SiH3]. The molecule has 0 heterocycles. The minimum Gasteiger partial charge on any atom is -0.448 e. The summed E-state index contributed by atoms with van der Waals surface area (Å²) in [5.41, 5.74) is 0. The predicted molar refractivity (Wildman–Crippen MR) is 43.6 cm³/mol. The molecule has 0 aromatic rings. The molecular formula is C4H15NO2Si2. The van der Waals surface area contributed by atoms with Crippen molar-refractivity contribution >= 4 is 20.5 Å². The van der Waals surface area contributed by atoms with Crippen LogP contribution in [0.4, 0.5) is 0 Å². The molecule has 9 heavy (non-hydrogen) atoms. The first kappa shape index (κ1) is 9.31. The van der Waals surface area contributed by atoms with Gasteiger partial charge in [0.05, 0.1) is 0 Å². The average molecular weight is 165 g/mol. The van der Waals surface area contributed by atoms with Gasteiger partial charge in [0.25, 0.3) is 0 Å². The van der Waals surface area contributed by atoms with E-state index in [2.05, 4.69) is 13.8 Å². The second-order valence-electron chi connectivity index (χ2n) is 1.65. The van der Waals surface area contributed by atoms with Gasteiger partial charge in [-0.2, -0.15) is 5.06 Å². The first-order valence-electron chi connectivity index (χ1n) is 3.21. The van der Waals surface area contributed by atoms with Gasteiger partial charge in [0.1, 0.15) is 10.5 Å². The van der Waals surface area contributed by atoms with Crippen molar-refractivity contribution in [2.75, 3.05) is 13.1 Å². The molecule has 0 saturated carbocycles. The Morgan fingerprint density at radius 3 is 2.33 bits per heavy atom. The van der Waals surface area contributed by atoms with Crippen LogP contribution in [0.1, 0.15) is 13.8 Å². The summed E-state index contributed by atoms with van der Waals surface area (Å²) in [4.78, 5) is 0. The van der Waals surface area contributed by atoms with Crippen LogP contribution >= 0.6 is 0 Å². The third kappa shape index (κ3) is 4.79. The van der Waals surface area contributed by atoms with Gasteiger partial charge in [-0.3, -0.25) is 0 Å². The van der Waals surface area contributed by atoms with Crippen molar-refractivity contribution in [3.05, 3.63) is 0 Å². The van der Waals surface area contributed by atoms with Crippen molar-refractivity contribution in [3.63, 3.8) is 0 Å². The van der Waals surface area contributed by atoms with Crippen LogP contribution in [-0.2, 0) is 8.64 Å². The second kappa shape index (κ2) is 6.43. The molecule has 0 unspecified atom stereocenters. The Morgan fingerprint density at radius 2 is 2.00 bits per heavy atom. The maximum Gasteiger partial charge on any atom is 0.315 e. The molecule has 0 rings (SSSR count). The van der Waals surface area contributed by atoms with Gasteiger partial charge in [0, 0.05) is 13.1 Å². The average Bonchev–Trinajstić information content (AvgIpc) is 1.91. The van der Waals surface area contributed by atoms with Crippen molar-refractivity contribution in [2.24, 2.45) is 0 Å². The highest BCUT2D eigenvalue weighted by Crippen LogP contribution is 1.85. The molecule has 0 saturated heterocycles. The molecule has 0 atom stereocenters. The van der Waals surface area contributed by atoms with Crippen LogP contribution < -0.4 is 0 Å². The van der Waals surface area contributed by atoms with Crippen molar-refractivity contribution in [1.29, 1.82) is 0 Å². The molecule has 0 bridgehead atoms. The molecule has 3 nitrogen and oxygen atoms in total. The number of hydroxylamine groups is 2. The largest absolute Gasteiger partial charge is 0.448 e. The Kier molecular flexibility index (Phi) is 6.66. The third-order valence-electron chi connectivity index (χ3n) is 1.06. The van der Waals surface area contributed by atoms with Crippen LogP contribution in [0.5, 0.6) is 0 Å². The topological polar surface area (TPSA) is 21.7 Å². The zero-order valence-corrected chi connectivity index (χ0v) is 9.80. The highest BCUT2D eigenvalue weighted by molar-refractivity contribution is 6.27. The van der Waals surface area contributed by atoms with Crippen LogP contribution in [0.2, 0.25) is 0 Å². The smallest absolute Gasteiger partial charge is 0.315 e. The Morgan fingerprint density at radius 1 is 1.44 bits per heavy atom. The number of rotatable bonds is 5. The van der Waals surface area contributed by atoms with Gasteiger partial charge < -0.3 is 8.64 Å². The Labute approximate surface area is 61.9 Å². The quantitative estimate of drug-likeness (QED) is 0.368.